The molecule has 0 heterocycles. The third-order valence-electron chi connectivity index (χ3n) is 3.55. The number of hydrogen-bond acceptors (Lipinski definition) is 1. The van der Waals surface area contributed by atoms with Gasteiger partial charge in [-0.2, -0.15) is 0 Å². The summed E-state index contributed by atoms with van der Waals surface area (Å²) in [6.45, 7) is 5.15. The standard InChI is InChI=1S/C14H19F2N/c1-14(2)6-5-11(8-14)17-9-10-3-4-12(15)13(16)7-10/h3-4,7,11,17H,5-6,8-9H2,1-2H3. The molecule has 1 saturated carbocycles. The lowest BCUT2D eigenvalue weighted by Crippen LogP contribution is -2.26. The summed E-state index contributed by atoms with van der Waals surface area (Å²) in [5.41, 5.74) is 1.21. The Morgan fingerprint density at radius 1 is 1.29 bits per heavy atom. The molecular formula is C14H19F2N. The van der Waals surface area contributed by atoms with Crippen molar-refractivity contribution < 1.29 is 8.78 Å². The first kappa shape index (κ1) is 12.5. The molecule has 17 heavy (non-hydrogen) atoms. The molecule has 0 amide bonds. The van der Waals surface area contributed by atoms with E-state index in [1.54, 1.807) is 6.07 Å². The fraction of sp³-hybridized carbons (Fsp3) is 0.571. The number of benzene rings is 1. The van der Waals surface area contributed by atoms with Crippen LogP contribution in [-0.4, -0.2) is 6.04 Å². The van der Waals surface area contributed by atoms with Crippen molar-refractivity contribution in [1.29, 1.82) is 0 Å². The number of hydrogen-bond donors (Lipinski definition) is 1. The molecule has 1 nitrogen and oxygen atoms in total. The molecule has 1 fully saturated rings. The van der Waals surface area contributed by atoms with Gasteiger partial charge in [-0.1, -0.05) is 19.9 Å². The van der Waals surface area contributed by atoms with Gasteiger partial charge in [-0.3, -0.25) is 0 Å². The normalized spacial score (nSPS) is 22.9. The van der Waals surface area contributed by atoms with Gasteiger partial charge in [0.15, 0.2) is 11.6 Å². The average molecular weight is 239 g/mol. The van der Waals surface area contributed by atoms with Crippen molar-refractivity contribution in [3.63, 3.8) is 0 Å². The molecule has 0 aromatic heterocycles. The van der Waals surface area contributed by atoms with E-state index in [0.717, 1.165) is 18.4 Å². The molecule has 1 aromatic rings. The monoisotopic (exact) mass is 239 g/mol. The molecule has 3 heteroatoms. The van der Waals surface area contributed by atoms with Gasteiger partial charge in [0.05, 0.1) is 0 Å². The van der Waals surface area contributed by atoms with E-state index in [1.807, 2.05) is 0 Å². The molecule has 1 atom stereocenters. The van der Waals surface area contributed by atoms with E-state index >= 15 is 0 Å². The van der Waals surface area contributed by atoms with Crippen LogP contribution in [0.25, 0.3) is 0 Å². The van der Waals surface area contributed by atoms with E-state index in [1.165, 1.54) is 18.6 Å². The highest BCUT2D eigenvalue weighted by atomic mass is 19.2. The van der Waals surface area contributed by atoms with Crippen molar-refractivity contribution >= 4 is 0 Å². The number of rotatable bonds is 3. The fourth-order valence-corrected chi connectivity index (χ4v) is 2.52. The Labute approximate surface area is 101 Å². The number of halogens is 2. The SMILES string of the molecule is CC1(C)CCC(NCc2ccc(F)c(F)c2)C1. The van der Waals surface area contributed by atoms with E-state index in [4.69, 9.17) is 0 Å². The van der Waals surface area contributed by atoms with Gasteiger partial charge in [0.1, 0.15) is 0 Å². The lowest BCUT2D eigenvalue weighted by molar-refractivity contribution is 0.364. The molecule has 1 aliphatic carbocycles. The van der Waals surface area contributed by atoms with E-state index in [2.05, 4.69) is 19.2 Å². The van der Waals surface area contributed by atoms with Gasteiger partial charge in [0, 0.05) is 12.6 Å². The first-order chi connectivity index (χ1) is 7.96. The Bertz CT molecular complexity index is 401. The van der Waals surface area contributed by atoms with Crippen LogP contribution < -0.4 is 5.32 Å². The summed E-state index contributed by atoms with van der Waals surface area (Å²) in [6.07, 6.45) is 3.54. The molecule has 1 aliphatic rings. The third-order valence-corrected chi connectivity index (χ3v) is 3.55. The van der Waals surface area contributed by atoms with Crippen molar-refractivity contribution in [3.8, 4) is 0 Å². The zero-order valence-corrected chi connectivity index (χ0v) is 10.4. The average Bonchev–Trinajstić information content (AvgIpc) is 2.60. The van der Waals surface area contributed by atoms with Crippen LogP contribution in [-0.2, 0) is 6.54 Å². The molecule has 0 bridgehead atoms. The maximum absolute atomic E-state index is 13.0. The van der Waals surface area contributed by atoms with Crippen molar-refractivity contribution in [2.75, 3.05) is 0 Å². The molecule has 1 unspecified atom stereocenters. The second-order valence-corrected chi connectivity index (χ2v) is 5.73. The Morgan fingerprint density at radius 2 is 2.06 bits per heavy atom. The maximum Gasteiger partial charge on any atom is 0.159 e. The molecule has 0 aliphatic heterocycles. The highest BCUT2D eigenvalue weighted by Gasteiger charge is 2.30. The molecule has 0 saturated heterocycles. The van der Waals surface area contributed by atoms with Gasteiger partial charge in [0.25, 0.3) is 0 Å². The van der Waals surface area contributed by atoms with Gasteiger partial charge >= 0.3 is 0 Å². The lowest BCUT2D eigenvalue weighted by atomic mass is 9.92. The molecule has 2 rings (SSSR count). The Morgan fingerprint density at radius 3 is 2.65 bits per heavy atom. The Hall–Kier alpha value is -0.960. The van der Waals surface area contributed by atoms with Crippen LogP contribution in [0.5, 0.6) is 0 Å². The molecule has 94 valence electrons. The van der Waals surface area contributed by atoms with Crippen LogP contribution in [0, 0.1) is 17.0 Å². The predicted octanol–water partition coefficient (Wildman–Crippen LogP) is 3.63. The summed E-state index contributed by atoms with van der Waals surface area (Å²) in [6, 6.07) is 4.58. The highest BCUT2D eigenvalue weighted by Crippen LogP contribution is 2.36. The van der Waals surface area contributed by atoms with Crippen molar-refractivity contribution in [1.82, 2.24) is 5.32 Å². The van der Waals surface area contributed by atoms with Gasteiger partial charge in [-0.25, -0.2) is 8.78 Å². The Balaban J connectivity index is 1.88. The fourth-order valence-electron chi connectivity index (χ4n) is 2.52. The van der Waals surface area contributed by atoms with Crippen LogP contribution in [0.2, 0.25) is 0 Å². The summed E-state index contributed by atoms with van der Waals surface area (Å²) < 4.78 is 25.7. The second kappa shape index (κ2) is 4.73. The number of nitrogens with one attached hydrogen (secondary N) is 1. The van der Waals surface area contributed by atoms with E-state index < -0.39 is 11.6 Å². The summed E-state index contributed by atoms with van der Waals surface area (Å²) in [5, 5.41) is 3.41. The summed E-state index contributed by atoms with van der Waals surface area (Å²) in [4.78, 5) is 0. The van der Waals surface area contributed by atoms with Gasteiger partial charge < -0.3 is 5.32 Å². The van der Waals surface area contributed by atoms with Gasteiger partial charge in [-0.15, -0.1) is 0 Å². The van der Waals surface area contributed by atoms with Gasteiger partial charge in [-0.05, 0) is 42.4 Å². The molecule has 0 spiro atoms. The minimum Gasteiger partial charge on any atom is -0.310 e. The van der Waals surface area contributed by atoms with Crippen LogP contribution in [0.15, 0.2) is 18.2 Å². The zero-order valence-electron chi connectivity index (χ0n) is 10.4. The molecular weight excluding hydrogens is 220 g/mol. The third kappa shape index (κ3) is 3.25. The van der Waals surface area contributed by atoms with Gasteiger partial charge in [0.2, 0.25) is 0 Å². The lowest BCUT2D eigenvalue weighted by Gasteiger charge is -2.18. The quantitative estimate of drug-likeness (QED) is 0.849. The smallest absolute Gasteiger partial charge is 0.159 e. The van der Waals surface area contributed by atoms with Crippen molar-refractivity contribution in [2.45, 2.75) is 45.7 Å². The van der Waals surface area contributed by atoms with E-state index in [-0.39, 0.29) is 0 Å². The first-order valence-electron chi connectivity index (χ1n) is 6.14. The summed E-state index contributed by atoms with van der Waals surface area (Å²) >= 11 is 0. The summed E-state index contributed by atoms with van der Waals surface area (Å²) in [5.74, 6) is -1.55. The van der Waals surface area contributed by atoms with Crippen LogP contribution in [0.3, 0.4) is 0 Å². The highest BCUT2D eigenvalue weighted by molar-refractivity contribution is 5.17. The van der Waals surface area contributed by atoms with Crippen molar-refractivity contribution in [2.24, 2.45) is 5.41 Å². The maximum atomic E-state index is 13.0. The minimum atomic E-state index is -0.782. The van der Waals surface area contributed by atoms with Crippen molar-refractivity contribution in [3.05, 3.63) is 35.4 Å². The minimum absolute atomic E-state index is 0.408. The topological polar surface area (TPSA) is 12.0 Å². The van der Waals surface area contributed by atoms with E-state index in [0.29, 0.717) is 18.0 Å². The zero-order chi connectivity index (χ0) is 12.5. The Kier molecular flexibility index (Phi) is 3.48. The molecule has 1 aromatic carbocycles. The van der Waals surface area contributed by atoms with E-state index in [9.17, 15) is 8.78 Å². The van der Waals surface area contributed by atoms with Crippen LogP contribution in [0.1, 0.15) is 38.7 Å². The van der Waals surface area contributed by atoms with Crippen LogP contribution in [0.4, 0.5) is 8.78 Å². The molecule has 1 N–H and O–H groups in total. The van der Waals surface area contributed by atoms with Crippen LogP contribution >= 0.6 is 0 Å². The first-order valence-corrected chi connectivity index (χ1v) is 6.14. The largest absolute Gasteiger partial charge is 0.310 e. The molecule has 0 radical (unpaired) electrons. The predicted molar refractivity (Wildman–Crippen MR) is 64.6 cm³/mol. The summed E-state index contributed by atoms with van der Waals surface area (Å²) in [7, 11) is 0. The second-order valence-electron chi connectivity index (χ2n) is 5.73.